The van der Waals surface area contributed by atoms with Crippen LogP contribution in [0.5, 0.6) is 0 Å². The number of morpholine rings is 1. The van der Waals surface area contributed by atoms with E-state index in [-0.39, 0.29) is 23.9 Å². The molecule has 216 valence electrons. The zero-order valence-corrected chi connectivity index (χ0v) is 24.7. The van der Waals surface area contributed by atoms with E-state index >= 15 is 0 Å². The molecule has 3 aliphatic rings. The van der Waals surface area contributed by atoms with Crippen LogP contribution in [0.25, 0.3) is 27.9 Å². The molecule has 41 heavy (non-hydrogen) atoms. The summed E-state index contributed by atoms with van der Waals surface area (Å²) in [5.41, 5.74) is 8.75. The van der Waals surface area contributed by atoms with Crippen LogP contribution in [0.1, 0.15) is 49.8 Å². The van der Waals surface area contributed by atoms with Crippen molar-refractivity contribution in [3.63, 3.8) is 0 Å². The van der Waals surface area contributed by atoms with Crippen LogP contribution in [0.15, 0.2) is 24.7 Å². The van der Waals surface area contributed by atoms with Gasteiger partial charge in [-0.3, -0.25) is 9.69 Å². The number of nitrogens with one attached hydrogen (secondary N) is 1. The summed E-state index contributed by atoms with van der Waals surface area (Å²) in [5, 5.41) is 4.43. The summed E-state index contributed by atoms with van der Waals surface area (Å²) < 4.78 is 7.33. The molecule has 3 saturated heterocycles. The van der Waals surface area contributed by atoms with Gasteiger partial charge in [-0.05, 0) is 55.4 Å². The zero-order valence-electron chi connectivity index (χ0n) is 24.7. The fourth-order valence-electron chi connectivity index (χ4n) is 7.29. The predicted octanol–water partition coefficient (Wildman–Crippen LogP) is 3.77. The number of aromatic amines is 1. The molecule has 10 nitrogen and oxygen atoms in total. The number of nitrogens with zero attached hydrogens (tertiary/aromatic N) is 7. The second kappa shape index (κ2) is 10.1. The Morgan fingerprint density at radius 3 is 2.71 bits per heavy atom. The lowest BCUT2D eigenvalue weighted by Crippen LogP contribution is -2.58. The number of fused-ring (bicyclic) bond motifs is 4. The number of likely N-dealkylation sites (tertiary alicyclic amines) is 1. The first kappa shape index (κ1) is 26.4. The number of hydrogen-bond donors (Lipinski definition) is 1. The number of hydrogen-bond acceptors (Lipinski definition) is 7. The first-order valence-electron chi connectivity index (χ1n) is 15.0. The van der Waals surface area contributed by atoms with Gasteiger partial charge in [-0.25, -0.2) is 14.5 Å². The number of H-pyrrole nitrogens is 1. The van der Waals surface area contributed by atoms with E-state index in [1.165, 1.54) is 11.1 Å². The molecule has 7 heterocycles. The van der Waals surface area contributed by atoms with Crippen molar-refractivity contribution >= 4 is 28.4 Å². The standard InChI is InChI=1S/C31H40N8O2/c1-18(2)28-29(23-14-38-31(32-17-33-38)21(5)20(23)4)34-24-6-7-26(35-30(24)28)39-22-12-19(3)25(39)15-37(13-22)27(40)16-36-8-10-41-11-9-36/h6-7,14,17-19,22,25,34H,8-13,15-16H2,1-5H3/t19-,22+,25+/m0/s1. The van der Waals surface area contributed by atoms with E-state index in [2.05, 4.69) is 82.7 Å². The molecule has 1 amide bonds. The van der Waals surface area contributed by atoms with Crippen molar-refractivity contribution in [2.45, 2.75) is 59.0 Å². The fourth-order valence-corrected chi connectivity index (χ4v) is 7.29. The smallest absolute Gasteiger partial charge is 0.236 e. The topological polar surface area (TPSA) is 94.9 Å². The molecule has 0 aliphatic carbocycles. The highest BCUT2D eigenvalue weighted by Crippen LogP contribution is 2.41. The summed E-state index contributed by atoms with van der Waals surface area (Å²) in [4.78, 5) is 33.6. The maximum atomic E-state index is 13.3. The molecule has 3 atom stereocenters. The van der Waals surface area contributed by atoms with Crippen LogP contribution in [-0.2, 0) is 9.53 Å². The Labute approximate surface area is 240 Å². The molecule has 0 unspecified atom stereocenters. The number of rotatable bonds is 5. The molecule has 0 aromatic carbocycles. The summed E-state index contributed by atoms with van der Waals surface area (Å²) in [6.45, 7) is 16.2. The van der Waals surface area contributed by atoms with Crippen LogP contribution < -0.4 is 4.90 Å². The van der Waals surface area contributed by atoms with E-state index < -0.39 is 0 Å². The Morgan fingerprint density at radius 1 is 1.15 bits per heavy atom. The summed E-state index contributed by atoms with van der Waals surface area (Å²) in [5.74, 6) is 2.04. The molecule has 1 N–H and O–H groups in total. The number of aryl methyl sites for hydroxylation is 1. The van der Waals surface area contributed by atoms with Crippen molar-refractivity contribution in [3.8, 4) is 11.3 Å². The van der Waals surface area contributed by atoms with Gasteiger partial charge in [0, 0.05) is 49.5 Å². The third kappa shape index (κ3) is 4.39. The molecule has 3 fully saturated rings. The van der Waals surface area contributed by atoms with Crippen molar-refractivity contribution in [1.29, 1.82) is 0 Å². The van der Waals surface area contributed by atoms with Crippen molar-refractivity contribution in [1.82, 2.24) is 34.4 Å². The number of anilines is 1. The first-order chi connectivity index (χ1) is 19.8. The molecule has 10 heteroatoms. The quantitative estimate of drug-likeness (QED) is 0.400. The van der Waals surface area contributed by atoms with Crippen LogP contribution in [0.3, 0.4) is 0 Å². The van der Waals surface area contributed by atoms with Gasteiger partial charge in [0.05, 0.1) is 42.5 Å². The number of ether oxygens (including phenoxy) is 1. The van der Waals surface area contributed by atoms with Crippen LogP contribution in [0, 0.1) is 19.8 Å². The molecule has 7 rings (SSSR count). The van der Waals surface area contributed by atoms with Gasteiger partial charge in [0.15, 0.2) is 5.65 Å². The minimum atomic E-state index is 0.242. The van der Waals surface area contributed by atoms with Crippen molar-refractivity contribution in [3.05, 3.63) is 41.3 Å². The van der Waals surface area contributed by atoms with Gasteiger partial charge >= 0.3 is 0 Å². The summed E-state index contributed by atoms with van der Waals surface area (Å²) in [7, 11) is 0. The van der Waals surface area contributed by atoms with E-state index in [0.717, 1.165) is 71.9 Å². The van der Waals surface area contributed by atoms with E-state index in [0.29, 0.717) is 25.7 Å². The molecule has 2 bridgehead atoms. The molecule has 0 saturated carbocycles. The first-order valence-corrected chi connectivity index (χ1v) is 15.0. The average Bonchev–Trinajstić information content (AvgIpc) is 3.64. The molecule has 3 aliphatic heterocycles. The Bertz CT molecular complexity index is 1620. The van der Waals surface area contributed by atoms with E-state index in [1.807, 2.05) is 4.52 Å². The number of carbonyl (C=O) groups is 1. The summed E-state index contributed by atoms with van der Waals surface area (Å²) in [6, 6.07) is 4.90. The van der Waals surface area contributed by atoms with Gasteiger partial charge in [-0.2, -0.15) is 5.10 Å². The molecule has 4 aromatic heterocycles. The number of piperazine rings is 1. The average molecular weight is 557 g/mol. The predicted molar refractivity (Wildman–Crippen MR) is 159 cm³/mol. The van der Waals surface area contributed by atoms with Crippen LogP contribution in [-0.4, -0.2) is 98.3 Å². The minimum absolute atomic E-state index is 0.242. The Morgan fingerprint density at radius 2 is 1.95 bits per heavy atom. The highest BCUT2D eigenvalue weighted by atomic mass is 16.5. The number of pyridine rings is 2. The lowest BCUT2D eigenvalue weighted by molar-refractivity contribution is -0.134. The third-order valence-electron chi connectivity index (χ3n) is 9.61. The largest absolute Gasteiger partial charge is 0.379 e. The number of carbonyl (C=O) groups excluding carboxylic acids is 1. The molecule has 4 aromatic rings. The molecule has 0 spiro atoms. The monoisotopic (exact) mass is 556 g/mol. The van der Waals surface area contributed by atoms with Crippen LogP contribution in [0.4, 0.5) is 5.82 Å². The van der Waals surface area contributed by atoms with Crippen molar-refractivity contribution in [2.24, 2.45) is 5.92 Å². The van der Waals surface area contributed by atoms with E-state index in [9.17, 15) is 4.79 Å². The highest BCUT2D eigenvalue weighted by Gasteiger charge is 2.46. The summed E-state index contributed by atoms with van der Waals surface area (Å²) in [6.07, 6.45) is 4.77. The van der Waals surface area contributed by atoms with Gasteiger partial charge < -0.3 is 19.5 Å². The second-order valence-electron chi connectivity index (χ2n) is 12.5. The fraction of sp³-hybridized carbons (Fsp3) is 0.548. The van der Waals surface area contributed by atoms with Crippen LogP contribution >= 0.6 is 0 Å². The van der Waals surface area contributed by atoms with Crippen molar-refractivity contribution < 1.29 is 9.53 Å². The molecule has 0 radical (unpaired) electrons. The minimum Gasteiger partial charge on any atom is -0.379 e. The normalized spacial score (nSPS) is 23.4. The Kier molecular flexibility index (Phi) is 6.50. The summed E-state index contributed by atoms with van der Waals surface area (Å²) >= 11 is 0. The molecular weight excluding hydrogens is 516 g/mol. The maximum absolute atomic E-state index is 13.3. The number of amides is 1. The van der Waals surface area contributed by atoms with Gasteiger partial charge in [0.2, 0.25) is 5.91 Å². The SMILES string of the molecule is Cc1c(-c2[nH]c3ccc(N4[C@@H]5C[C@H](C)[C@H]4CN(C(=O)CN4CCOCC4)C5)nc3c2C(C)C)cn2ncnc2c1C. The van der Waals surface area contributed by atoms with Gasteiger partial charge in [0.1, 0.15) is 12.1 Å². The van der Waals surface area contributed by atoms with E-state index in [1.54, 1.807) is 6.33 Å². The van der Waals surface area contributed by atoms with Crippen LogP contribution in [0.2, 0.25) is 0 Å². The number of aromatic nitrogens is 5. The van der Waals surface area contributed by atoms with Gasteiger partial charge in [0.25, 0.3) is 0 Å². The maximum Gasteiger partial charge on any atom is 0.236 e. The van der Waals surface area contributed by atoms with Gasteiger partial charge in [-0.15, -0.1) is 0 Å². The van der Waals surface area contributed by atoms with E-state index in [4.69, 9.17) is 9.72 Å². The third-order valence-corrected chi connectivity index (χ3v) is 9.61. The van der Waals surface area contributed by atoms with Crippen molar-refractivity contribution in [2.75, 3.05) is 50.8 Å². The second-order valence-corrected chi connectivity index (χ2v) is 12.5. The Balaban J connectivity index is 1.22. The zero-order chi connectivity index (χ0) is 28.4. The lowest BCUT2D eigenvalue weighted by atomic mass is 9.95. The highest BCUT2D eigenvalue weighted by molar-refractivity contribution is 5.90. The van der Waals surface area contributed by atoms with Gasteiger partial charge in [-0.1, -0.05) is 20.8 Å². The Hall–Kier alpha value is -3.50. The molecular formula is C31H40N8O2. The lowest BCUT2D eigenvalue weighted by Gasteiger charge is -2.43.